The highest BCUT2D eigenvalue weighted by Gasteiger charge is 2.26. The molecular weight excluding hydrogens is 366 g/mol. The lowest BCUT2D eigenvalue weighted by Gasteiger charge is -2.37. The molecule has 0 aliphatic carbocycles. The Morgan fingerprint density at radius 3 is 2.76 bits per heavy atom. The van der Waals surface area contributed by atoms with E-state index in [4.69, 9.17) is 9.47 Å². The van der Waals surface area contributed by atoms with E-state index in [2.05, 4.69) is 33.3 Å². The van der Waals surface area contributed by atoms with Crippen LogP contribution in [0.2, 0.25) is 0 Å². The summed E-state index contributed by atoms with van der Waals surface area (Å²) in [5.74, 6) is 1.72. The van der Waals surface area contributed by atoms with Gasteiger partial charge >= 0.3 is 0 Å². The zero-order valence-corrected chi connectivity index (χ0v) is 17.2. The van der Waals surface area contributed by atoms with Crippen molar-refractivity contribution in [3.63, 3.8) is 0 Å². The first-order valence-corrected chi connectivity index (χ1v) is 10.3. The van der Waals surface area contributed by atoms with E-state index >= 15 is 0 Å². The van der Waals surface area contributed by atoms with Crippen molar-refractivity contribution in [2.24, 2.45) is 0 Å². The molecule has 1 saturated heterocycles. The van der Waals surface area contributed by atoms with E-state index in [1.165, 1.54) is 11.1 Å². The van der Waals surface area contributed by atoms with Crippen LogP contribution in [0.4, 0.5) is 5.69 Å². The summed E-state index contributed by atoms with van der Waals surface area (Å²) in [5.41, 5.74) is 3.37. The van der Waals surface area contributed by atoms with Gasteiger partial charge in [0, 0.05) is 39.1 Å². The predicted molar refractivity (Wildman–Crippen MR) is 114 cm³/mol. The molecule has 0 radical (unpaired) electrons. The Balaban J connectivity index is 1.29. The van der Waals surface area contributed by atoms with Gasteiger partial charge < -0.3 is 14.8 Å². The standard InChI is InChI=1S/C23H29N3O3/c1-17(23(27)24-20-5-3-4-6-22(20)28-2)26-12-10-25(11-13-26)16-18-7-8-21-19(15-18)9-14-29-21/h3-8,15,17H,9-14,16H2,1-2H3,(H,24,27)/t17-/m0/s1. The fourth-order valence-electron chi connectivity index (χ4n) is 4.06. The van der Waals surface area contributed by atoms with Crippen LogP contribution in [0.1, 0.15) is 18.1 Å². The first-order valence-electron chi connectivity index (χ1n) is 10.3. The minimum atomic E-state index is -0.181. The van der Waals surface area contributed by atoms with Gasteiger partial charge in [-0.1, -0.05) is 24.3 Å². The molecule has 0 spiro atoms. The molecule has 0 saturated carbocycles. The molecular formula is C23H29N3O3. The number of ether oxygens (including phenoxy) is 2. The minimum Gasteiger partial charge on any atom is -0.495 e. The van der Waals surface area contributed by atoms with E-state index in [1.807, 2.05) is 31.2 Å². The van der Waals surface area contributed by atoms with Gasteiger partial charge in [0.25, 0.3) is 0 Å². The monoisotopic (exact) mass is 395 g/mol. The molecule has 0 unspecified atom stereocenters. The van der Waals surface area contributed by atoms with Crippen LogP contribution >= 0.6 is 0 Å². The zero-order valence-electron chi connectivity index (χ0n) is 17.2. The van der Waals surface area contributed by atoms with E-state index < -0.39 is 0 Å². The molecule has 2 aromatic rings. The third-order valence-electron chi connectivity index (χ3n) is 5.86. The van der Waals surface area contributed by atoms with Crippen LogP contribution in [0.5, 0.6) is 11.5 Å². The Kier molecular flexibility index (Phi) is 6.02. The number of carbonyl (C=O) groups excluding carboxylic acids is 1. The number of para-hydroxylation sites is 2. The highest BCUT2D eigenvalue weighted by molar-refractivity contribution is 5.95. The molecule has 4 rings (SSSR count). The molecule has 154 valence electrons. The second-order valence-corrected chi connectivity index (χ2v) is 7.72. The van der Waals surface area contributed by atoms with Crippen LogP contribution in [0.15, 0.2) is 42.5 Å². The summed E-state index contributed by atoms with van der Waals surface area (Å²) in [7, 11) is 1.61. The van der Waals surface area contributed by atoms with Gasteiger partial charge in [-0.15, -0.1) is 0 Å². The maximum atomic E-state index is 12.7. The molecule has 0 aromatic heterocycles. The normalized spacial score (nSPS) is 18.0. The largest absolute Gasteiger partial charge is 0.495 e. The Bertz CT molecular complexity index is 862. The van der Waals surface area contributed by atoms with Crippen molar-refractivity contribution in [2.75, 3.05) is 45.2 Å². The molecule has 2 aromatic carbocycles. The summed E-state index contributed by atoms with van der Waals surface area (Å²) < 4.78 is 10.9. The number of anilines is 1. The SMILES string of the molecule is COc1ccccc1NC(=O)[C@H](C)N1CCN(Cc2ccc3c(c2)CCO3)CC1. The first kappa shape index (κ1) is 19.7. The minimum absolute atomic E-state index is 0.00146. The van der Waals surface area contributed by atoms with Crippen LogP contribution in [-0.4, -0.2) is 61.6 Å². The van der Waals surface area contributed by atoms with Crippen molar-refractivity contribution in [1.82, 2.24) is 9.80 Å². The fraction of sp³-hybridized carbons (Fsp3) is 0.435. The maximum Gasteiger partial charge on any atom is 0.241 e. The Hall–Kier alpha value is -2.57. The summed E-state index contributed by atoms with van der Waals surface area (Å²) in [6.45, 7) is 7.40. The van der Waals surface area contributed by atoms with Gasteiger partial charge in [-0.05, 0) is 36.2 Å². The lowest BCUT2D eigenvalue weighted by atomic mass is 10.1. The third-order valence-corrected chi connectivity index (χ3v) is 5.86. The number of piperazine rings is 1. The number of nitrogens with one attached hydrogen (secondary N) is 1. The van der Waals surface area contributed by atoms with E-state index in [-0.39, 0.29) is 11.9 Å². The quantitative estimate of drug-likeness (QED) is 0.815. The summed E-state index contributed by atoms with van der Waals surface area (Å²) in [6.07, 6.45) is 1.01. The van der Waals surface area contributed by atoms with E-state index in [1.54, 1.807) is 7.11 Å². The van der Waals surface area contributed by atoms with Crippen molar-refractivity contribution < 1.29 is 14.3 Å². The maximum absolute atomic E-state index is 12.7. The number of benzene rings is 2. The molecule has 6 nitrogen and oxygen atoms in total. The second-order valence-electron chi connectivity index (χ2n) is 7.72. The van der Waals surface area contributed by atoms with E-state index in [9.17, 15) is 4.79 Å². The van der Waals surface area contributed by atoms with Crippen LogP contribution in [0.3, 0.4) is 0 Å². The number of amides is 1. The Labute approximate surface area is 172 Å². The van der Waals surface area contributed by atoms with Crippen LogP contribution < -0.4 is 14.8 Å². The summed E-state index contributed by atoms with van der Waals surface area (Å²) >= 11 is 0. The summed E-state index contributed by atoms with van der Waals surface area (Å²) in [4.78, 5) is 17.4. The molecule has 29 heavy (non-hydrogen) atoms. The number of rotatable bonds is 6. The van der Waals surface area contributed by atoms with E-state index in [0.29, 0.717) is 11.4 Å². The van der Waals surface area contributed by atoms with Crippen molar-refractivity contribution in [2.45, 2.75) is 25.9 Å². The smallest absolute Gasteiger partial charge is 0.241 e. The van der Waals surface area contributed by atoms with Crippen LogP contribution in [0.25, 0.3) is 0 Å². The van der Waals surface area contributed by atoms with Gasteiger partial charge in [0.05, 0.1) is 25.4 Å². The Morgan fingerprint density at radius 2 is 1.97 bits per heavy atom. The molecule has 1 atom stereocenters. The molecule has 2 aliphatic rings. The first-order chi connectivity index (χ1) is 14.1. The number of nitrogens with zero attached hydrogens (tertiary/aromatic N) is 2. The predicted octanol–water partition coefficient (Wildman–Crippen LogP) is 2.77. The van der Waals surface area contributed by atoms with Gasteiger partial charge in [0.1, 0.15) is 11.5 Å². The van der Waals surface area contributed by atoms with Gasteiger partial charge in [-0.3, -0.25) is 14.6 Å². The van der Waals surface area contributed by atoms with Crippen molar-refractivity contribution in [3.05, 3.63) is 53.6 Å². The number of hydrogen-bond donors (Lipinski definition) is 1. The summed E-state index contributed by atoms with van der Waals surface area (Å²) in [6, 6.07) is 13.9. The molecule has 6 heteroatoms. The van der Waals surface area contributed by atoms with Crippen molar-refractivity contribution in [1.29, 1.82) is 0 Å². The average Bonchev–Trinajstić information content (AvgIpc) is 3.22. The molecule has 1 N–H and O–H groups in total. The highest BCUT2D eigenvalue weighted by atomic mass is 16.5. The fourth-order valence-corrected chi connectivity index (χ4v) is 4.06. The average molecular weight is 396 g/mol. The van der Waals surface area contributed by atoms with Gasteiger partial charge in [0.2, 0.25) is 5.91 Å². The topological polar surface area (TPSA) is 54.0 Å². The number of methoxy groups -OCH3 is 1. The van der Waals surface area contributed by atoms with Gasteiger partial charge in [-0.2, -0.15) is 0 Å². The number of fused-ring (bicyclic) bond motifs is 1. The summed E-state index contributed by atoms with van der Waals surface area (Å²) in [5, 5.41) is 3.00. The number of carbonyl (C=O) groups is 1. The van der Waals surface area contributed by atoms with Crippen LogP contribution in [-0.2, 0) is 17.8 Å². The highest BCUT2D eigenvalue weighted by Crippen LogP contribution is 2.27. The van der Waals surface area contributed by atoms with Gasteiger partial charge in [0.15, 0.2) is 0 Å². The Morgan fingerprint density at radius 1 is 1.17 bits per heavy atom. The van der Waals surface area contributed by atoms with E-state index in [0.717, 1.165) is 51.5 Å². The van der Waals surface area contributed by atoms with Crippen LogP contribution in [0, 0.1) is 0 Å². The molecule has 2 heterocycles. The van der Waals surface area contributed by atoms with Gasteiger partial charge in [-0.25, -0.2) is 0 Å². The molecule has 1 fully saturated rings. The van der Waals surface area contributed by atoms with Crippen molar-refractivity contribution in [3.8, 4) is 11.5 Å². The molecule has 1 amide bonds. The zero-order chi connectivity index (χ0) is 20.2. The number of hydrogen-bond acceptors (Lipinski definition) is 5. The van der Waals surface area contributed by atoms with Crippen molar-refractivity contribution >= 4 is 11.6 Å². The third kappa shape index (κ3) is 4.54. The second kappa shape index (κ2) is 8.84. The lowest BCUT2D eigenvalue weighted by molar-refractivity contribution is -0.121. The lowest BCUT2D eigenvalue weighted by Crippen LogP contribution is -2.52. The molecule has 2 aliphatic heterocycles. The molecule has 0 bridgehead atoms.